The molecule has 0 spiro atoms. The number of hydrogen-bond acceptors (Lipinski definition) is 1. The Bertz CT molecular complexity index is 534. The van der Waals surface area contributed by atoms with Gasteiger partial charge in [0.25, 0.3) is 0 Å². The van der Waals surface area contributed by atoms with Crippen molar-refractivity contribution >= 4 is 11.6 Å². The van der Waals surface area contributed by atoms with Crippen LogP contribution in [0, 0.1) is 11.6 Å². The van der Waals surface area contributed by atoms with E-state index in [1.54, 1.807) is 18.2 Å². The fourth-order valence-electron chi connectivity index (χ4n) is 1.85. The average molecular weight is 282 g/mol. The SMILES string of the molecule is CC(NCc1cc(F)cc(Cl)c1)c1ccc(F)cc1. The van der Waals surface area contributed by atoms with Crippen LogP contribution in [0.4, 0.5) is 8.78 Å². The van der Waals surface area contributed by atoms with Gasteiger partial charge in [0.2, 0.25) is 0 Å². The van der Waals surface area contributed by atoms with E-state index in [9.17, 15) is 8.78 Å². The normalized spacial score (nSPS) is 12.4. The average Bonchev–Trinajstić information content (AvgIpc) is 2.36. The topological polar surface area (TPSA) is 12.0 Å². The summed E-state index contributed by atoms with van der Waals surface area (Å²) in [5.74, 6) is -0.605. The van der Waals surface area contributed by atoms with Crippen molar-refractivity contribution in [2.45, 2.75) is 19.5 Å². The van der Waals surface area contributed by atoms with Gasteiger partial charge < -0.3 is 5.32 Å². The molecule has 2 aromatic rings. The first-order chi connectivity index (χ1) is 9.04. The molecule has 0 aliphatic carbocycles. The number of rotatable bonds is 4. The van der Waals surface area contributed by atoms with Crippen LogP contribution in [0.2, 0.25) is 5.02 Å². The third-order valence-corrected chi connectivity index (χ3v) is 3.12. The first kappa shape index (κ1) is 14.0. The van der Waals surface area contributed by atoms with Crippen LogP contribution in [0.3, 0.4) is 0 Å². The molecular formula is C15H14ClF2N. The van der Waals surface area contributed by atoms with Crippen LogP contribution in [0.5, 0.6) is 0 Å². The smallest absolute Gasteiger partial charge is 0.125 e. The second-order valence-electron chi connectivity index (χ2n) is 4.43. The predicted octanol–water partition coefficient (Wildman–Crippen LogP) is 4.47. The Balaban J connectivity index is 1.99. The third-order valence-electron chi connectivity index (χ3n) is 2.90. The molecule has 2 aromatic carbocycles. The van der Waals surface area contributed by atoms with Crippen molar-refractivity contribution in [1.29, 1.82) is 0 Å². The molecule has 1 nitrogen and oxygen atoms in total. The lowest BCUT2D eigenvalue weighted by molar-refractivity contribution is 0.566. The quantitative estimate of drug-likeness (QED) is 0.872. The highest BCUT2D eigenvalue weighted by Gasteiger charge is 2.06. The Morgan fingerprint density at radius 1 is 1.05 bits per heavy atom. The van der Waals surface area contributed by atoms with Crippen molar-refractivity contribution in [2.75, 3.05) is 0 Å². The Hall–Kier alpha value is -1.45. The molecule has 0 aliphatic heterocycles. The molecule has 2 rings (SSSR count). The lowest BCUT2D eigenvalue weighted by Gasteiger charge is -2.14. The molecule has 0 fully saturated rings. The van der Waals surface area contributed by atoms with Crippen LogP contribution in [-0.4, -0.2) is 0 Å². The van der Waals surface area contributed by atoms with Crippen molar-refractivity contribution in [3.05, 3.63) is 70.2 Å². The van der Waals surface area contributed by atoms with E-state index in [1.807, 2.05) is 6.92 Å². The molecule has 0 saturated heterocycles. The van der Waals surface area contributed by atoms with Gasteiger partial charge in [-0.2, -0.15) is 0 Å². The Morgan fingerprint density at radius 2 is 1.74 bits per heavy atom. The first-order valence-electron chi connectivity index (χ1n) is 5.98. The molecule has 1 atom stereocenters. The van der Waals surface area contributed by atoms with Crippen LogP contribution in [-0.2, 0) is 6.54 Å². The van der Waals surface area contributed by atoms with Crippen molar-refractivity contribution < 1.29 is 8.78 Å². The summed E-state index contributed by atoms with van der Waals surface area (Å²) in [5, 5.41) is 3.62. The summed E-state index contributed by atoms with van der Waals surface area (Å²) < 4.78 is 26.0. The van der Waals surface area contributed by atoms with E-state index in [2.05, 4.69) is 5.32 Å². The highest BCUT2D eigenvalue weighted by atomic mass is 35.5. The van der Waals surface area contributed by atoms with Gasteiger partial charge in [-0.15, -0.1) is 0 Å². The predicted molar refractivity (Wildman–Crippen MR) is 73.1 cm³/mol. The molecule has 1 N–H and O–H groups in total. The minimum Gasteiger partial charge on any atom is -0.306 e. The van der Waals surface area contributed by atoms with Gasteiger partial charge in [-0.25, -0.2) is 8.78 Å². The Labute approximate surface area is 116 Å². The zero-order chi connectivity index (χ0) is 13.8. The molecule has 0 aliphatic rings. The Morgan fingerprint density at radius 3 is 2.37 bits per heavy atom. The zero-order valence-corrected chi connectivity index (χ0v) is 11.2. The molecular weight excluding hydrogens is 268 g/mol. The second kappa shape index (κ2) is 6.13. The van der Waals surface area contributed by atoms with Gasteiger partial charge in [-0.1, -0.05) is 23.7 Å². The summed E-state index contributed by atoms with van der Waals surface area (Å²) in [5.41, 5.74) is 1.75. The lowest BCUT2D eigenvalue weighted by Crippen LogP contribution is -2.18. The highest BCUT2D eigenvalue weighted by molar-refractivity contribution is 6.30. The largest absolute Gasteiger partial charge is 0.306 e. The summed E-state index contributed by atoms with van der Waals surface area (Å²) in [6, 6.07) is 10.8. The minimum atomic E-state index is -0.348. The van der Waals surface area contributed by atoms with Gasteiger partial charge in [0.1, 0.15) is 11.6 Å². The maximum absolute atomic E-state index is 13.2. The van der Waals surface area contributed by atoms with Gasteiger partial charge in [-0.05, 0) is 48.4 Å². The van der Waals surface area contributed by atoms with E-state index < -0.39 is 0 Å². The monoisotopic (exact) mass is 281 g/mol. The van der Waals surface area contributed by atoms with Crippen LogP contribution in [0.15, 0.2) is 42.5 Å². The van der Waals surface area contributed by atoms with Crippen LogP contribution in [0.25, 0.3) is 0 Å². The molecule has 19 heavy (non-hydrogen) atoms. The third kappa shape index (κ3) is 4.01. The fraction of sp³-hybridized carbons (Fsp3) is 0.200. The number of halogens is 3. The molecule has 0 aromatic heterocycles. The van der Waals surface area contributed by atoms with E-state index in [4.69, 9.17) is 11.6 Å². The van der Waals surface area contributed by atoms with Crippen molar-refractivity contribution in [3.8, 4) is 0 Å². The van der Waals surface area contributed by atoms with E-state index in [0.717, 1.165) is 11.1 Å². The van der Waals surface area contributed by atoms with Crippen LogP contribution >= 0.6 is 11.6 Å². The van der Waals surface area contributed by atoms with Crippen molar-refractivity contribution in [3.63, 3.8) is 0 Å². The van der Waals surface area contributed by atoms with Crippen LogP contribution < -0.4 is 5.32 Å². The highest BCUT2D eigenvalue weighted by Crippen LogP contribution is 2.16. The minimum absolute atomic E-state index is 0.0441. The van der Waals surface area contributed by atoms with E-state index in [-0.39, 0.29) is 17.7 Å². The molecule has 0 saturated carbocycles. The summed E-state index contributed by atoms with van der Waals surface area (Å²) in [6.45, 7) is 2.46. The zero-order valence-electron chi connectivity index (χ0n) is 10.5. The summed E-state index contributed by atoms with van der Waals surface area (Å²) in [6.07, 6.45) is 0. The molecule has 1 unspecified atom stereocenters. The summed E-state index contributed by atoms with van der Waals surface area (Å²) in [4.78, 5) is 0. The summed E-state index contributed by atoms with van der Waals surface area (Å²) >= 11 is 5.79. The first-order valence-corrected chi connectivity index (χ1v) is 6.36. The van der Waals surface area contributed by atoms with Gasteiger partial charge in [-0.3, -0.25) is 0 Å². The maximum atomic E-state index is 13.2. The number of benzene rings is 2. The molecule has 4 heteroatoms. The summed E-state index contributed by atoms with van der Waals surface area (Å²) in [7, 11) is 0. The van der Waals surface area contributed by atoms with Gasteiger partial charge in [0.15, 0.2) is 0 Å². The molecule has 0 bridgehead atoms. The second-order valence-corrected chi connectivity index (χ2v) is 4.87. The molecule has 0 radical (unpaired) electrons. The maximum Gasteiger partial charge on any atom is 0.125 e. The van der Waals surface area contributed by atoms with E-state index in [1.165, 1.54) is 24.3 Å². The van der Waals surface area contributed by atoms with Crippen molar-refractivity contribution in [2.24, 2.45) is 0 Å². The van der Waals surface area contributed by atoms with E-state index >= 15 is 0 Å². The number of hydrogen-bond donors (Lipinski definition) is 1. The molecule has 0 amide bonds. The number of nitrogens with one attached hydrogen (secondary N) is 1. The molecule has 100 valence electrons. The standard InChI is InChI=1S/C15H14ClF2N/c1-10(12-2-4-14(17)5-3-12)19-9-11-6-13(16)8-15(18)7-11/h2-8,10,19H,9H2,1H3. The van der Waals surface area contributed by atoms with E-state index in [0.29, 0.717) is 11.6 Å². The van der Waals surface area contributed by atoms with Crippen molar-refractivity contribution in [1.82, 2.24) is 5.32 Å². The van der Waals surface area contributed by atoms with Gasteiger partial charge in [0.05, 0.1) is 0 Å². The molecule has 0 heterocycles. The van der Waals surface area contributed by atoms with Crippen LogP contribution in [0.1, 0.15) is 24.1 Å². The fourth-order valence-corrected chi connectivity index (χ4v) is 2.10. The van der Waals surface area contributed by atoms with Gasteiger partial charge >= 0.3 is 0 Å². The Kier molecular flexibility index (Phi) is 4.51. The lowest BCUT2D eigenvalue weighted by atomic mass is 10.1. The van der Waals surface area contributed by atoms with Gasteiger partial charge in [0, 0.05) is 17.6 Å².